The molecule has 1 amide bonds. The number of rotatable bonds is 6. The fourth-order valence-corrected chi connectivity index (χ4v) is 4.47. The Morgan fingerprint density at radius 1 is 1.17 bits per heavy atom. The van der Waals surface area contributed by atoms with Gasteiger partial charge in [-0.2, -0.15) is 0 Å². The van der Waals surface area contributed by atoms with Gasteiger partial charge >= 0.3 is 0 Å². The molecular weight excluding hydrogens is 406 g/mol. The molecule has 3 rings (SSSR count). The quantitative estimate of drug-likeness (QED) is 0.418. The van der Waals surface area contributed by atoms with E-state index >= 15 is 0 Å². The SMILES string of the molecule is CC(Sc1nc2cc(Cl)ccc2c(=O)n1C(C)C)C(=O)N(C)Cc1ccccc1. The lowest BCUT2D eigenvalue weighted by molar-refractivity contribution is -0.129. The molecule has 152 valence electrons. The molecule has 1 atom stereocenters. The van der Waals surface area contributed by atoms with Gasteiger partial charge in [-0.25, -0.2) is 4.98 Å². The first-order valence-electron chi connectivity index (χ1n) is 9.45. The van der Waals surface area contributed by atoms with Crippen molar-refractivity contribution in [3.05, 3.63) is 69.5 Å². The molecule has 0 spiro atoms. The van der Waals surface area contributed by atoms with Crippen molar-refractivity contribution < 1.29 is 4.79 Å². The largest absolute Gasteiger partial charge is 0.340 e. The Kier molecular flexibility index (Phi) is 6.65. The second-order valence-corrected chi connectivity index (χ2v) is 9.01. The highest BCUT2D eigenvalue weighted by molar-refractivity contribution is 8.00. The van der Waals surface area contributed by atoms with E-state index in [-0.39, 0.29) is 17.5 Å². The zero-order valence-electron chi connectivity index (χ0n) is 16.9. The van der Waals surface area contributed by atoms with Crippen molar-refractivity contribution in [1.29, 1.82) is 0 Å². The van der Waals surface area contributed by atoms with Crippen LogP contribution in [0.3, 0.4) is 0 Å². The maximum Gasteiger partial charge on any atom is 0.262 e. The van der Waals surface area contributed by atoms with Crippen molar-refractivity contribution in [3.8, 4) is 0 Å². The van der Waals surface area contributed by atoms with E-state index < -0.39 is 5.25 Å². The van der Waals surface area contributed by atoms with E-state index in [1.807, 2.05) is 51.1 Å². The van der Waals surface area contributed by atoms with Gasteiger partial charge in [0, 0.05) is 24.7 Å². The molecule has 5 nitrogen and oxygen atoms in total. The Morgan fingerprint density at radius 3 is 2.52 bits per heavy atom. The highest BCUT2D eigenvalue weighted by atomic mass is 35.5. The van der Waals surface area contributed by atoms with E-state index in [1.54, 1.807) is 34.7 Å². The molecule has 0 radical (unpaired) electrons. The minimum atomic E-state index is -0.391. The Bertz CT molecular complexity index is 1080. The van der Waals surface area contributed by atoms with Gasteiger partial charge in [0.25, 0.3) is 5.56 Å². The molecule has 1 unspecified atom stereocenters. The van der Waals surface area contributed by atoms with Crippen LogP contribution in [0.1, 0.15) is 32.4 Å². The van der Waals surface area contributed by atoms with Crippen LogP contribution < -0.4 is 5.56 Å². The maximum atomic E-state index is 13.0. The minimum Gasteiger partial charge on any atom is -0.340 e. The number of hydrogen-bond donors (Lipinski definition) is 0. The van der Waals surface area contributed by atoms with Crippen molar-refractivity contribution in [3.63, 3.8) is 0 Å². The van der Waals surface area contributed by atoms with Crippen LogP contribution in [0.4, 0.5) is 0 Å². The summed E-state index contributed by atoms with van der Waals surface area (Å²) in [6.07, 6.45) is 0. The van der Waals surface area contributed by atoms with Crippen LogP contribution in [-0.2, 0) is 11.3 Å². The van der Waals surface area contributed by atoms with Gasteiger partial charge in [0.2, 0.25) is 5.91 Å². The lowest BCUT2D eigenvalue weighted by atomic mass is 10.2. The van der Waals surface area contributed by atoms with Crippen LogP contribution in [-0.4, -0.2) is 32.7 Å². The number of halogens is 1. The Balaban J connectivity index is 1.88. The van der Waals surface area contributed by atoms with Gasteiger partial charge in [0.05, 0.1) is 16.2 Å². The summed E-state index contributed by atoms with van der Waals surface area (Å²) in [6, 6.07) is 14.8. The normalized spacial score (nSPS) is 12.3. The number of carbonyl (C=O) groups is 1. The molecular formula is C22H24ClN3O2S. The number of nitrogens with zero attached hydrogens (tertiary/aromatic N) is 3. The van der Waals surface area contributed by atoms with Crippen molar-refractivity contribution in [2.75, 3.05) is 7.05 Å². The lowest BCUT2D eigenvalue weighted by Crippen LogP contribution is -2.33. The topological polar surface area (TPSA) is 55.2 Å². The van der Waals surface area contributed by atoms with Gasteiger partial charge < -0.3 is 4.90 Å². The molecule has 1 aromatic heterocycles. The first-order valence-corrected chi connectivity index (χ1v) is 10.7. The summed E-state index contributed by atoms with van der Waals surface area (Å²) in [5.41, 5.74) is 1.48. The predicted octanol–water partition coefficient (Wildman–Crippen LogP) is 4.77. The van der Waals surface area contributed by atoms with E-state index in [9.17, 15) is 9.59 Å². The van der Waals surface area contributed by atoms with Gasteiger partial charge in [-0.3, -0.25) is 14.2 Å². The summed E-state index contributed by atoms with van der Waals surface area (Å²) in [4.78, 5) is 32.3. The van der Waals surface area contributed by atoms with Crippen molar-refractivity contribution >= 4 is 40.2 Å². The molecule has 1 heterocycles. The van der Waals surface area contributed by atoms with E-state index in [0.29, 0.717) is 27.6 Å². The number of benzene rings is 2. The molecule has 7 heteroatoms. The van der Waals surface area contributed by atoms with Gasteiger partial charge in [0.1, 0.15) is 0 Å². The average Bonchev–Trinajstić information content (AvgIpc) is 2.67. The molecule has 0 aliphatic carbocycles. The second-order valence-electron chi connectivity index (χ2n) is 7.26. The molecule has 2 aromatic carbocycles. The number of amides is 1. The fourth-order valence-electron chi connectivity index (χ4n) is 3.14. The van der Waals surface area contributed by atoms with Gasteiger partial charge in [-0.15, -0.1) is 0 Å². The van der Waals surface area contributed by atoms with Crippen LogP contribution in [0.25, 0.3) is 10.9 Å². The summed E-state index contributed by atoms with van der Waals surface area (Å²) in [6.45, 7) is 6.24. The zero-order chi connectivity index (χ0) is 21.1. The number of fused-ring (bicyclic) bond motifs is 1. The van der Waals surface area contributed by atoms with Crippen molar-refractivity contribution in [1.82, 2.24) is 14.5 Å². The molecule has 0 aliphatic heterocycles. The summed E-state index contributed by atoms with van der Waals surface area (Å²) >= 11 is 7.38. The molecule has 29 heavy (non-hydrogen) atoms. The molecule has 3 aromatic rings. The van der Waals surface area contributed by atoms with Crippen molar-refractivity contribution in [2.24, 2.45) is 0 Å². The molecule has 0 aliphatic rings. The van der Waals surface area contributed by atoms with Crippen LogP contribution in [0.2, 0.25) is 5.02 Å². The van der Waals surface area contributed by atoms with Gasteiger partial charge in [0.15, 0.2) is 5.16 Å². The standard InChI is InChI=1S/C22H24ClN3O2S/c1-14(2)26-21(28)18-11-10-17(23)12-19(18)24-22(26)29-15(3)20(27)25(4)13-16-8-6-5-7-9-16/h5-12,14-15H,13H2,1-4H3. The van der Waals surface area contributed by atoms with E-state index in [1.165, 1.54) is 11.8 Å². The number of hydrogen-bond acceptors (Lipinski definition) is 4. The smallest absolute Gasteiger partial charge is 0.262 e. The third-order valence-corrected chi connectivity index (χ3v) is 5.91. The third kappa shape index (κ3) is 4.82. The van der Waals surface area contributed by atoms with Crippen molar-refractivity contribution in [2.45, 2.75) is 43.8 Å². The summed E-state index contributed by atoms with van der Waals surface area (Å²) in [5, 5.41) is 1.17. The maximum absolute atomic E-state index is 13.0. The summed E-state index contributed by atoms with van der Waals surface area (Å²) in [7, 11) is 1.79. The molecule has 0 bridgehead atoms. The van der Waals surface area contributed by atoms with Crippen LogP contribution in [0, 0.1) is 0 Å². The molecule has 0 saturated carbocycles. The highest BCUT2D eigenvalue weighted by Gasteiger charge is 2.23. The first kappa shape index (κ1) is 21.4. The van der Waals surface area contributed by atoms with E-state index in [4.69, 9.17) is 11.6 Å². The Labute approximate surface area is 179 Å². The Morgan fingerprint density at radius 2 is 1.86 bits per heavy atom. The highest BCUT2D eigenvalue weighted by Crippen LogP contribution is 2.27. The van der Waals surface area contributed by atoms with E-state index in [0.717, 1.165) is 5.56 Å². The minimum absolute atomic E-state index is 0.0189. The third-order valence-electron chi connectivity index (χ3n) is 4.62. The van der Waals surface area contributed by atoms with Gasteiger partial charge in [-0.05, 0) is 44.5 Å². The van der Waals surface area contributed by atoms with Crippen LogP contribution in [0.5, 0.6) is 0 Å². The van der Waals surface area contributed by atoms with E-state index in [2.05, 4.69) is 4.98 Å². The van der Waals surface area contributed by atoms with Crippen LogP contribution in [0.15, 0.2) is 58.5 Å². The molecule has 0 saturated heterocycles. The average molecular weight is 430 g/mol. The first-order chi connectivity index (χ1) is 13.8. The number of thioether (sulfide) groups is 1. The predicted molar refractivity (Wildman–Crippen MR) is 120 cm³/mol. The summed E-state index contributed by atoms with van der Waals surface area (Å²) in [5.74, 6) is -0.0189. The number of aromatic nitrogens is 2. The second kappa shape index (κ2) is 9.01. The summed E-state index contributed by atoms with van der Waals surface area (Å²) < 4.78 is 1.64. The number of carbonyl (C=O) groups excluding carboxylic acids is 1. The monoisotopic (exact) mass is 429 g/mol. The van der Waals surface area contributed by atoms with Crippen LogP contribution >= 0.6 is 23.4 Å². The zero-order valence-corrected chi connectivity index (χ0v) is 18.5. The Hall–Kier alpha value is -2.31. The molecule has 0 N–H and O–H groups in total. The lowest BCUT2D eigenvalue weighted by Gasteiger charge is -2.23. The van der Waals surface area contributed by atoms with Gasteiger partial charge in [-0.1, -0.05) is 53.7 Å². The molecule has 0 fully saturated rings. The fraction of sp³-hybridized carbons (Fsp3) is 0.318.